The monoisotopic (exact) mass is 371 g/mol. The van der Waals surface area contributed by atoms with Gasteiger partial charge in [0, 0.05) is 5.02 Å². The second-order valence-electron chi connectivity index (χ2n) is 7.14. The summed E-state index contributed by atoms with van der Waals surface area (Å²) >= 11 is 6.30. The van der Waals surface area contributed by atoms with Crippen LogP contribution >= 0.6 is 11.6 Å². The molecule has 5 nitrogen and oxygen atoms in total. The van der Waals surface area contributed by atoms with E-state index in [-0.39, 0.29) is 0 Å². The van der Waals surface area contributed by atoms with Gasteiger partial charge in [-0.15, -0.1) is 0 Å². The number of carbonyl (C=O) groups excluding carboxylic acids is 1. The minimum Gasteiger partial charge on any atom is -0.444 e. The summed E-state index contributed by atoms with van der Waals surface area (Å²) in [6, 6.07) is 13.4. The van der Waals surface area contributed by atoms with Crippen LogP contribution in [0.3, 0.4) is 0 Å². The van der Waals surface area contributed by atoms with E-state index in [0.717, 1.165) is 27.4 Å². The molecule has 1 aromatic heterocycles. The summed E-state index contributed by atoms with van der Waals surface area (Å²) in [7, 11) is 0. The molecule has 0 radical (unpaired) electrons. The molecule has 0 aliphatic rings. The van der Waals surface area contributed by atoms with Gasteiger partial charge in [-0.3, -0.25) is 5.32 Å². The second kappa shape index (κ2) is 7.00. The third-order valence-electron chi connectivity index (χ3n) is 3.89. The molecule has 3 aromatic rings. The molecule has 0 saturated carbocycles. The van der Waals surface area contributed by atoms with Crippen LogP contribution in [0.15, 0.2) is 42.5 Å². The fourth-order valence-electron chi connectivity index (χ4n) is 2.77. The molecule has 0 bridgehead atoms. The van der Waals surface area contributed by atoms with Crippen molar-refractivity contribution in [1.29, 1.82) is 0 Å². The lowest BCUT2D eigenvalue weighted by Gasteiger charge is -2.19. The highest BCUT2D eigenvalue weighted by Crippen LogP contribution is 2.26. The molecule has 2 aromatic carbocycles. The third kappa shape index (κ3) is 3.99. The van der Waals surface area contributed by atoms with Gasteiger partial charge in [0.25, 0.3) is 0 Å². The predicted octanol–water partition coefficient (Wildman–Crippen LogP) is 5.39. The van der Waals surface area contributed by atoms with Gasteiger partial charge in [-0.2, -0.15) is 0 Å². The van der Waals surface area contributed by atoms with Crippen LogP contribution in [0.4, 0.5) is 10.5 Å². The first kappa shape index (κ1) is 18.3. The smallest absolute Gasteiger partial charge is 0.412 e. The number of ether oxygens (including phenoxy) is 1. The van der Waals surface area contributed by atoms with Crippen molar-refractivity contribution in [3.05, 3.63) is 58.9 Å². The van der Waals surface area contributed by atoms with Gasteiger partial charge in [-0.1, -0.05) is 35.9 Å². The van der Waals surface area contributed by atoms with E-state index in [1.165, 1.54) is 0 Å². The van der Waals surface area contributed by atoms with Crippen molar-refractivity contribution in [2.45, 2.75) is 39.8 Å². The van der Waals surface area contributed by atoms with Gasteiger partial charge in [0.1, 0.15) is 16.9 Å². The molecule has 1 amide bonds. The fourth-order valence-corrected chi connectivity index (χ4v) is 2.97. The van der Waals surface area contributed by atoms with E-state index < -0.39 is 11.7 Å². The molecule has 1 heterocycles. The van der Waals surface area contributed by atoms with Gasteiger partial charge in [-0.05, 0) is 51.5 Å². The Balaban J connectivity index is 1.95. The van der Waals surface area contributed by atoms with Crippen LogP contribution in [-0.4, -0.2) is 21.2 Å². The molecule has 0 spiro atoms. The molecule has 0 unspecified atom stereocenters. The highest BCUT2D eigenvalue weighted by Gasteiger charge is 2.18. The topological polar surface area (TPSA) is 56.1 Å². The fraction of sp³-hybridized carbons (Fsp3) is 0.300. The standard InChI is InChI=1S/C20H22ClN3O2/c1-13-22-18-16(23-19(25)26-20(2,3)4)10-7-11-17(18)24(13)12-14-8-5-6-9-15(14)21/h5-11H,12H2,1-4H3,(H,23,25). The zero-order chi connectivity index (χ0) is 18.9. The van der Waals surface area contributed by atoms with Crippen molar-refractivity contribution in [3.8, 4) is 0 Å². The van der Waals surface area contributed by atoms with Crippen molar-refractivity contribution in [1.82, 2.24) is 9.55 Å². The zero-order valence-electron chi connectivity index (χ0n) is 15.3. The third-order valence-corrected chi connectivity index (χ3v) is 4.26. The van der Waals surface area contributed by atoms with E-state index in [4.69, 9.17) is 16.3 Å². The van der Waals surface area contributed by atoms with E-state index in [1.807, 2.05) is 70.2 Å². The Bertz CT molecular complexity index is 957. The van der Waals surface area contributed by atoms with Crippen molar-refractivity contribution in [2.24, 2.45) is 0 Å². The Morgan fingerprint density at radius 3 is 2.62 bits per heavy atom. The van der Waals surface area contributed by atoms with E-state index >= 15 is 0 Å². The Morgan fingerprint density at radius 2 is 1.92 bits per heavy atom. The molecule has 3 rings (SSSR count). The Morgan fingerprint density at radius 1 is 1.19 bits per heavy atom. The lowest BCUT2D eigenvalue weighted by molar-refractivity contribution is 0.0636. The molecular formula is C20H22ClN3O2. The van der Waals surface area contributed by atoms with Crippen molar-refractivity contribution in [3.63, 3.8) is 0 Å². The number of anilines is 1. The Hall–Kier alpha value is -2.53. The van der Waals surface area contributed by atoms with E-state index in [2.05, 4.69) is 14.9 Å². The minimum absolute atomic E-state index is 0.497. The maximum Gasteiger partial charge on any atom is 0.412 e. The van der Waals surface area contributed by atoms with Gasteiger partial charge in [-0.25, -0.2) is 9.78 Å². The lowest BCUT2D eigenvalue weighted by Crippen LogP contribution is -2.27. The number of benzene rings is 2. The summed E-state index contributed by atoms with van der Waals surface area (Å²) in [5, 5.41) is 3.51. The number of halogens is 1. The van der Waals surface area contributed by atoms with Crippen molar-refractivity contribution >= 4 is 34.4 Å². The van der Waals surface area contributed by atoms with Crippen molar-refractivity contribution in [2.75, 3.05) is 5.32 Å². The molecule has 0 aliphatic heterocycles. The maximum absolute atomic E-state index is 12.1. The lowest BCUT2D eigenvalue weighted by atomic mass is 10.2. The van der Waals surface area contributed by atoms with Gasteiger partial charge >= 0.3 is 6.09 Å². The van der Waals surface area contributed by atoms with Crippen LogP contribution in [0.1, 0.15) is 32.2 Å². The molecule has 0 atom stereocenters. The number of hydrogen-bond acceptors (Lipinski definition) is 3. The first-order valence-corrected chi connectivity index (χ1v) is 8.81. The number of aryl methyl sites for hydroxylation is 1. The first-order valence-electron chi connectivity index (χ1n) is 8.44. The molecule has 136 valence electrons. The summed E-state index contributed by atoms with van der Waals surface area (Å²) in [4.78, 5) is 16.8. The number of fused-ring (bicyclic) bond motifs is 1. The Kier molecular flexibility index (Phi) is 4.92. The average molecular weight is 372 g/mol. The number of aromatic nitrogens is 2. The molecule has 1 N–H and O–H groups in total. The van der Waals surface area contributed by atoms with E-state index in [9.17, 15) is 4.79 Å². The van der Waals surface area contributed by atoms with Crippen LogP contribution in [0.5, 0.6) is 0 Å². The maximum atomic E-state index is 12.1. The van der Waals surface area contributed by atoms with Gasteiger partial charge < -0.3 is 9.30 Å². The van der Waals surface area contributed by atoms with Gasteiger partial charge in [0.05, 0.1) is 17.7 Å². The molecular weight excluding hydrogens is 350 g/mol. The zero-order valence-corrected chi connectivity index (χ0v) is 16.1. The van der Waals surface area contributed by atoms with E-state index in [1.54, 1.807) is 0 Å². The van der Waals surface area contributed by atoms with Crippen molar-refractivity contribution < 1.29 is 9.53 Å². The minimum atomic E-state index is -0.558. The number of imidazole rings is 1. The molecule has 0 fully saturated rings. The van der Waals surface area contributed by atoms with Crippen LogP contribution in [-0.2, 0) is 11.3 Å². The molecule has 26 heavy (non-hydrogen) atoms. The first-order chi connectivity index (χ1) is 12.2. The number of para-hydroxylation sites is 1. The number of nitrogens with zero attached hydrogens (tertiary/aromatic N) is 2. The van der Waals surface area contributed by atoms with E-state index in [0.29, 0.717) is 12.2 Å². The SMILES string of the molecule is Cc1nc2c(NC(=O)OC(C)(C)C)cccc2n1Cc1ccccc1Cl. The van der Waals surface area contributed by atoms with Gasteiger partial charge in [0.15, 0.2) is 0 Å². The average Bonchev–Trinajstić information content (AvgIpc) is 2.85. The molecule has 0 saturated heterocycles. The number of rotatable bonds is 3. The summed E-state index contributed by atoms with van der Waals surface area (Å²) in [5.74, 6) is 0.846. The number of amides is 1. The number of nitrogens with one attached hydrogen (secondary N) is 1. The molecule has 0 aliphatic carbocycles. The second-order valence-corrected chi connectivity index (χ2v) is 7.54. The van der Waals surface area contributed by atoms with Crippen LogP contribution in [0, 0.1) is 6.92 Å². The summed E-state index contributed by atoms with van der Waals surface area (Å²) in [6.45, 7) is 8.03. The predicted molar refractivity (Wildman–Crippen MR) is 105 cm³/mol. The van der Waals surface area contributed by atoms with Crippen LogP contribution in [0.25, 0.3) is 11.0 Å². The number of carbonyl (C=O) groups is 1. The quantitative estimate of drug-likeness (QED) is 0.671. The highest BCUT2D eigenvalue weighted by atomic mass is 35.5. The summed E-state index contributed by atoms with van der Waals surface area (Å²) in [6.07, 6.45) is -0.497. The highest BCUT2D eigenvalue weighted by molar-refractivity contribution is 6.31. The van der Waals surface area contributed by atoms with Gasteiger partial charge in [0.2, 0.25) is 0 Å². The number of hydrogen-bond donors (Lipinski definition) is 1. The normalized spacial score (nSPS) is 11.6. The summed E-state index contributed by atoms with van der Waals surface area (Å²) in [5.41, 5.74) is 2.73. The Labute approximate surface area is 157 Å². The van der Waals surface area contributed by atoms with Crippen LogP contribution in [0.2, 0.25) is 5.02 Å². The molecule has 6 heteroatoms. The largest absolute Gasteiger partial charge is 0.444 e. The summed E-state index contributed by atoms with van der Waals surface area (Å²) < 4.78 is 7.42. The van der Waals surface area contributed by atoms with Crippen LogP contribution < -0.4 is 5.32 Å².